The van der Waals surface area contributed by atoms with E-state index in [1.165, 1.54) is 18.6 Å². The highest BCUT2D eigenvalue weighted by atomic mass is 16.6. The zero-order valence-corrected chi connectivity index (χ0v) is 13.7. The van der Waals surface area contributed by atoms with Crippen molar-refractivity contribution in [3.63, 3.8) is 0 Å². The van der Waals surface area contributed by atoms with Crippen LogP contribution in [0.2, 0.25) is 0 Å². The number of nitrogens with one attached hydrogen (secondary N) is 1. The number of nitrogens with zero attached hydrogens (tertiary/aromatic N) is 1. The minimum Gasteiger partial charge on any atom is -0.487 e. The van der Waals surface area contributed by atoms with Crippen LogP contribution in [0.5, 0.6) is 5.75 Å². The van der Waals surface area contributed by atoms with E-state index in [1.54, 1.807) is 13.0 Å². The summed E-state index contributed by atoms with van der Waals surface area (Å²) in [6.07, 6.45) is 5.40. The second-order valence-corrected chi connectivity index (χ2v) is 5.97. The minimum absolute atomic E-state index is 0.163. The van der Waals surface area contributed by atoms with Gasteiger partial charge in [0, 0.05) is 17.7 Å². The molecule has 0 spiro atoms. The van der Waals surface area contributed by atoms with Gasteiger partial charge in [0.15, 0.2) is 5.75 Å². The predicted octanol–water partition coefficient (Wildman–Crippen LogP) is 3.69. The van der Waals surface area contributed by atoms with Crippen LogP contribution in [-0.4, -0.2) is 23.5 Å². The first kappa shape index (κ1) is 17.2. The molecular weight excluding hydrogens is 296 g/mol. The number of rotatable bonds is 6. The average molecular weight is 320 g/mol. The molecule has 0 atom stereocenters. The summed E-state index contributed by atoms with van der Waals surface area (Å²) in [5.74, 6) is 0.698. The van der Waals surface area contributed by atoms with E-state index < -0.39 is 4.92 Å². The van der Waals surface area contributed by atoms with Crippen LogP contribution in [0.4, 0.5) is 5.69 Å². The van der Waals surface area contributed by atoms with Gasteiger partial charge in [-0.15, -0.1) is 0 Å². The third-order valence-corrected chi connectivity index (χ3v) is 4.48. The third kappa shape index (κ3) is 4.43. The second kappa shape index (κ2) is 7.94. The van der Waals surface area contributed by atoms with E-state index in [-0.39, 0.29) is 23.4 Å². The van der Waals surface area contributed by atoms with Crippen molar-refractivity contribution in [2.24, 2.45) is 5.92 Å². The van der Waals surface area contributed by atoms with E-state index in [1.807, 2.05) is 0 Å². The molecule has 0 saturated heterocycles. The van der Waals surface area contributed by atoms with E-state index in [4.69, 9.17) is 4.74 Å². The number of ether oxygens (including phenoxy) is 1. The van der Waals surface area contributed by atoms with Gasteiger partial charge in [-0.2, -0.15) is 0 Å². The second-order valence-electron chi connectivity index (χ2n) is 5.97. The lowest BCUT2D eigenvalue weighted by Gasteiger charge is -2.28. The van der Waals surface area contributed by atoms with Crippen LogP contribution in [0.15, 0.2) is 18.2 Å². The molecule has 1 saturated carbocycles. The standard InChI is InChI=1S/C17H24N2O4/c1-3-12-5-8-14(9-6-12)18-17(20)13-7-10-16(23-4-2)15(11-13)19(21)22/h7,10-12,14H,3-6,8-9H2,1-2H3,(H,18,20). The molecule has 6 nitrogen and oxygen atoms in total. The third-order valence-electron chi connectivity index (χ3n) is 4.48. The van der Waals surface area contributed by atoms with Gasteiger partial charge in [-0.3, -0.25) is 14.9 Å². The number of nitro groups is 1. The Morgan fingerprint density at radius 2 is 2.00 bits per heavy atom. The minimum atomic E-state index is -0.520. The lowest BCUT2D eigenvalue weighted by Crippen LogP contribution is -2.37. The molecule has 0 radical (unpaired) electrons. The van der Waals surface area contributed by atoms with Crippen molar-refractivity contribution in [2.75, 3.05) is 6.61 Å². The molecule has 1 aromatic carbocycles. The van der Waals surface area contributed by atoms with Crippen molar-refractivity contribution in [2.45, 2.75) is 52.0 Å². The fraction of sp³-hybridized carbons (Fsp3) is 0.588. The Kier molecular flexibility index (Phi) is 5.96. The molecule has 1 amide bonds. The first-order chi connectivity index (χ1) is 11.0. The van der Waals surface area contributed by atoms with Crippen LogP contribution >= 0.6 is 0 Å². The fourth-order valence-corrected chi connectivity index (χ4v) is 3.06. The van der Waals surface area contributed by atoms with E-state index in [9.17, 15) is 14.9 Å². The number of hydrogen-bond donors (Lipinski definition) is 1. The van der Waals surface area contributed by atoms with Crippen molar-refractivity contribution in [3.05, 3.63) is 33.9 Å². The van der Waals surface area contributed by atoms with Crippen molar-refractivity contribution in [1.82, 2.24) is 5.32 Å². The molecule has 0 aromatic heterocycles. The lowest BCUT2D eigenvalue weighted by molar-refractivity contribution is -0.385. The van der Waals surface area contributed by atoms with Gasteiger partial charge in [0.25, 0.3) is 5.91 Å². The first-order valence-corrected chi connectivity index (χ1v) is 8.27. The topological polar surface area (TPSA) is 81.5 Å². The molecule has 6 heteroatoms. The summed E-state index contributed by atoms with van der Waals surface area (Å²) >= 11 is 0. The number of benzene rings is 1. The Balaban J connectivity index is 2.05. The maximum absolute atomic E-state index is 12.3. The highest BCUT2D eigenvalue weighted by molar-refractivity contribution is 5.95. The summed E-state index contributed by atoms with van der Waals surface area (Å²) in [6.45, 7) is 4.30. The zero-order chi connectivity index (χ0) is 16.8. The lowest BCUT2D eigenvalue weighted by atomic mass is 9.84. The van der Waals surface area contributed by atoms with Gasteiger partial charge in [-0.05, 0) is 50.7 Å². The van der Waals surface area contributed by atoms with Crippen LogP contribution in [0.1, 0.15) is 56.3 Å². The van der Waals surface area contributed by atoms with E-state index in [0.717, 1.165) is 31.6 Å². The molecule has 1 fully saturated rings. The monoisotopic (exact) mass is 320 g/mol. The van der Waals surface area contributed by atoms with Crippen LogP contribution in [0.25, 0.3) is 0 Å². The summed E-state index contributed by atoms with van der Waals surface area (Å²) < 4.78 is 5.23. The highest BCUT2D eigenvalue weighted by Gasteiger charge is 2.23. The number of carbonyl (C=O) groups is 1. The molecule has 1 N–H and O–H groups in total. The number of carbonyl (C=O) groups excluding carboxylic acids is 1. The first-order valence-electron chi connectivity index (χ1n) is 8.27. The van der Waals surface area contributed by atoms with E-state index >= 15 is 0 Å². The molecule has 23 heavy (non-hydrogen) atoms. The Bertz CT molecular complexity index is 566. The van der Waals surface area contributed by atoms with Crippen molar-refractivity contribution in [3.8, 4) is 5.75 Å². The average Bonchev–Trinajstić information content (AvgIpc) is 2.56. The molecule has 0 heterocycles. The van der Waals surface area contributed by atoms with Crippen LogP contribution in [0.3, 0.4) is 0 Å². The van der Waals surface area contributed by atoms with Crippen LogP contribution < -0.4 is 10.1 Å². The highest BCUT2D eigenvalue weighted by Crippen LogP contribution is 2.29. The molecule has 1 aliphatic carbocycles. The summed E-state index contributed by atoms with van der Waals surface area (Å²) in [7, 11) is 0. The molecule has 2 rings (SSSR count). The number of hydrogen-bond acceptors (Lipinski definition) is 4. The van der Waals surface area contributed by atoms with Crippen LogP contribution in [-0.2, 0) is 0 Å². The van der Waals surface area contributed by atoms with Gasteiger partial charge in [0.05, 0.1) is 11.5 Å². The molecular formula is C17H24N2O4. The van der Waals surface area contributed by atoms with Crippen molar-refractivity contribution < 1.29 is 14.5 Å². The molecule has 1 aromatic rings. The maximum Gasteiger partial charge on any atom is 0.311 e. The molecule has 126 valence electrons. The summed E-state index contributed by atoms with van der Waals surface area (Å²) in [5.41, 5.74) is 0.131. The molecule has 0 unspecified atom stereocenters. The Labute approximate surface area is 136 Å². The SMILES string of the molecule is CCOc1ccc(C(=O)NC2CCC(CC)CC2)cc1[N+](=O)[O-]. The van der Waals surface area contributed by atoms with Crippen LogP contribution in [0, 0.1) is 16.0 Å². The summed E-state index contributed by atoms with van der Waals surface area (Å²) in [4.78, 5) is 22.9. The molecule has 0 aliphatic heterocycles. The van der Waals surface area contributed by atoms with Gasteiger partial charge in [0.1, 0.15) is 0 Å². The maximum atomic E-state index is 12.3. The largest absolute Gasteiger partial charge is 0.487 e. The smallest absolute Gasteiger partial charge is 0.311 e. The van der Waals surface area contributed by atoms with E-state index in [0.29, 0.717) is 12.2 Å². The predicted molar refractivity (Wildman–Crippen MR) is 87.8 cm³/mol. The number of nitro benzene ring substituents is 1. The quantitative estimate of drug-likeness (QED) is 0.640. The summed E-state index contributed by atoms with van der Waals surface area (Å²) in [6, 6.07) is 4.52. The normalized spacial score (nSPS) is 20.8. The Morgan fingerprint density at radius 1 is 1.30 bits per heavy atom. The molecule has 0 bridgehead atoms. The van der Waals surface area contributed by atoms with Gasteiger partial charge in [0.2, 0.25) is 0 Å². The Morgan fingerprint density at radius 3 is 2.57 bits per heavy atom. The summed E-state index contributed by atoms with van der Waals surface area (Å²) in [5, 5.41) is 14.1. The Hall–Kier alpha value is -2.11. The van der Waals surface area contributed by atoms with Gasteiger partial charge >= 0.3 is 5.69 Å². The molecule has 1 aliphatic rings. The fourth-order valence-electron chi connectivity index (χ4n) is 3.06. The van der Waals surface area contributed by atoms with Gasteiger partial charge < -0.3 is 10.1 Å². The van der Waals surface area contributed by atoms with Gasteiger partial charge in [-0.25, -0.2) is 0 Å². The van der Waals surface area contributed by atoms with Crippen molar-refractivity contribution in [1.29, 1.82) is 0 Å². The van der Waals surface area contributed by atoms with Gasteiger partial charge in [-0.1, -0.05) is 13.3 Å². The van der Waals surface area contributed by atoms with E-state index in [2.05, 4.69) is 12.2 Å². The van der Waals surface area contributed by atoms with Crippen molar-refractivity contribution >= 4 is 11.6 Å². The number of amides is 1. The zero-order valence-electron chi connectivity index (χ0n) is 13.7.